The number of nitrogens with zero attached hydrogens (tertiary/aromatic N) is 2. The van der Waals surface area contributed by atoms with E-state index in [0.29, 0.717) is 0 Å². The summed E-state index contributed by atoms with van der Waals surface area (Å²) in [5, 5.41) is 5.18. The van der Waals surface area contributed by atoms with Gasteiger partial charge in [-0.15, -0.1) is 0 Å². The number of aromatic nitrogens is 2. The van der Waals surface area contributed by atoms with Crippen LogP contribution in [-0.4, -0.2) is 9.13 Å². The van der Waals surface area contributed by atoms with Gasteiger partial charge in [-0.25, -0.2) is 0 Å². The van der Waals surface area contributed by atoms with E-state index in [-0.39, 0.29) is 21.7 Å². The van der Waals surface area contributed by atoms with Crippen molar-refractivity contribution in [2.45, 2.75) is 101 Å². The number of fused-ring (bicyclic) bond motifs is 22. The smallest absolute Gasteiger partial charge is 0.0541 e. The predicted octanol–water partition coefficient (Wildman–Crippen LogP) is 23.2. The molecule has 0 N–H and O–H groups in total. The third-order valence-electron chi connectivity index (χ3n) is 23.6. The Kier molecular flexibility index (Phi) is 10.2. The van der Waals surface area contributed by atoms with Crippen molar-refractivity contribution in [3.05, 3.63) is 287 Å². The molecule has 14 aromatic rings. The molecular weight excluding hydrogens is 1080 g/mol. The van der Waals surface area contributed by atoms with E-state index in [1.807, 2.05) is 0 Å². The fourth-order valence-electron chi connectivity index (χ4n) is 19.3. The fourth-order valence-corrected chi connectivity index (χ4v) is 19.3. The zero-order chi connectivity index (χ0) is 59.6. The summed E-state index contributed by atoms with van der Waals surface area (Å²) < 4.78 is 5.00. The summed E-state index contributed by atoms with van der Waals surface area (Å²) in [6.45, 7) is 9.53. The average Bonchev–Trinajstić information content (AvgIpc) is 1.58. The van der Waals surface area contributed by atoms with Gasteiger partial charge in [0.2, 0.25) is 0 Å². The van der Waals surface area contributed by atoms with Gasteiger partial charge in [0.1, 0.15) is 0 Å². The van der Waals surface area contributed by atoms with Gasteiger partial charge < -0.3 is 9.13 Å². The van der Waals surface area contributed by atoms with Crippen molar-refractivity contribution in [1.82, 2.24) is 9.13 Å². The standard InChI is InChI=1S/C88H68N2/c1-85(2)73-21-9-5-17-61(73)63-37-31-59(51-75(63)85)89-81-23-11-7-19-69(81)71-45-53(29-39-83(71)89)55-25-33-65-67-35-27-57(49-79(67)87(77(65)47-55)41-13-14-42-87)58-28-36-68-66-34-26-56(48-78(66)88(80(68)50-58)43-15-16-44-88)54-30-40-84-72(46-54)70-20-8-12-24-82(70)90(84)60-32-38-64-62-18-6-10-22-74(62)86(3,4)76(64)52-60/h5-12,17-40,45-52H,13-16,41-44H2,1-4H3. The van der Waals surface area contributed by atoms with Gasteiger partial charge >= 0.3 is 0 Å². The topological polar surface area (TPSA) is 9.86 Å². The highest BCUT2D eigenvalue weighted by atomic mass is 15.0. The minimum Gasteiger partial charge on any atom is -0.309 e. The molecule has 0 saturated heterocycles. The first-order chi connectivity index (χ1) is 44.1. The van der Waals surface area contributed by atoms with Crippen molar-refractivity contribution in [3.8, 4) is 89.3 Å². The summed E-state index contributed by atoms with van der Waals surface area (Å²) in [5.74, 6) is 0. The first-order valence-corrected chi connectivity index (χ1v) is 33.2. The van der Waals surface area contributed by atoms with Crippen LogP contribution in [0.25, 0.3) is 133 Å². The first-order valence-electron chi connectivity index (χ1n) is 33.2. The maximum Gasteiger partial charge on any atom is 0.0541 e. The third-order valence-corrected chi connectivity index (χ3v) is 23.6. The number of benzene rings is 12. The van der Waals surface area contributed by atoms with E-state index in [1.165, 1.54) is 229 Å². The molecule has 2 heteroatoms. The maximum absolute atomic E-state index is 2.63. The zero-order valence-corrected chi connectivity index (χ0v) is 51.6. The lowest BCUT2D eigenvalue weighted by Crippen LogP contribution is -2.21. The Balaban J connectivity index is 0.632. The summed E-state index contributed by atoms with van der Waals surface area (Å²) >= 11 is 0. The van der Waals surface area contributed by atoms with Gasteiger partial charge in [0, 0.05) is 54.6 Å². The average molecular weight is 1150 g/mol. The highest BCUT2D eigenvalue weighted by molar-refractivity contribution is 6.12. The van der Waals surface area contributed by atoms with E-state index in [4.69, 9.17) is 0 Å². The van der Waals surface area contributed by atoms with Crippen molar-refractivity contribution in [3.63, 3.8) is 0 Å². The second kappa shape index (κ2) is 18.0. The Morgan fingerprint density at radius 1 is 0.233 bits per heavy atom. The molecule has 6 aliphatic rings. The monoisotopic (exact) mass is 1150 g/mol. The summed E-state index contributed by atoms with van der Waals surface area (Å²) in [7, 11) is 0. The van der Waals surface area contributed by atoms with Crippen LogP contribution in [0.5, 0.6) is 0 Å². The van der Waals surface area contributed by atoms with Gasteiger partial charge in [-0.3, -0.25) is 0 Å². The summed E-state index contributed by atoms with van der Waals surface area (Å²) in [6, 6.07) is 94.8. The Labute approximate surface area is 526 Å². The Morgan fingerprint density at radius 3 is 0.911 bits per heavy atom. The molecule has 6 aliphatic carbocycles. The normalized spacial score (nSPS) is 16.9. The number of hydrogen-bond donors (Lipinski definition) is 0. The lowest BCUT2D eigenvalue weighted by atomic mass is 9.75. The van der Waals surface area contributed by atoms with Gasteiger partial charge in [0.15, 0.2) is 0 Å². The molecular formula is C88H68N2. The summed E-state index contributed by atoms with van der Waals surface area (Å²) in [4.78, 5) is 0. The molecule has 2 aromatic heterocycles. The maximum atomic E-state index is 2.63. The SMILES string of the molecule is CC1(C)c2ccccc2-c2ccc(-n3c4ccccc4c4cc(-c5ccc6c(c5)C5(CCCC5)c5cc(-c7ccc8c(c7)C7(CCCC7)c7cc(-c9ccc%10c(c9)c9ccccc9n%10-c9ccc%10c(c9)C(C)(C)c9ccccc9-%10)ccc7-8)ccc5-6)ccc43)cc21. The highest BCUT2D eigenvalue weighted by Crippen LogP contribution is 2.61. The van der Waals surface area contributed by atoms with Crippen LogP contribution >= 0.6 is 0 Å². The minimum atomic E-state index is -0.0679. The van der Waals surface area contributed by atoms with Gasteiger partial charge in [0.05, 0.1) is 22.1 Å². The molecule has 0 amide bonds. The minimum absolute atomic E-state index is 0.0117. The molecule has 0 aliphatic heterocycles. The third kappa shape index (κ3) is 6.69. The van der Waals surface area contributed by atoms with Crippen LogP contribution in [0.3, 0.4) is 0 Å². The Bertz CT molecular complexity index is 5160. The Hall–Kier alpha value is -9.76. The molecule has 0 atom stereocenters. The van der Waals surface area contributed by atoms with E-state index >= 15 is 0 Å². The molecule has 90 heavy (non-hydrogen) atoms. The number of hydrogen-bond acceptors (Lipinski definition) is 0. The molecule has 2 fully saturated rings. The van der Waals surface area contributed by atoms with Crippen LogP contribution in [-0.2, 0) is 21.7 Å². The number of rotatable bonds is 5. The van der Waals surface area contributed by atoms with Crippen molar-refractivity contribution >= 4 is 43.6 Å². The predicted molar refractivity (Wildman–Crippen MR) is 376 cm³/mol. The highest BCUT2D eigenvalue weighted by Gasteiger charge is 2.48. The lowest BCUT2D eigenvalue weighted by molar-refractivity contribution is 0.549. The van der Waals surface area contributed by atoms with Crippen LogP contribution in [0.15, 0.2) is 243 Å². The summed E-state index contributed by atoms with van der Waals surface area (Å²) in [5.41, 5.74) is 38.1. The molecule has 2 nitrogen and oxygen atoms in total. The fraction of sp³-hybridized carbons (Fsp3) is 0.182. The molecule has 2 spiro atoms. The van der Waals surface area contributed by atoms with Crippen molar-refractivity contribution in [1.29, 1.82) is 0 Å². The quantitative estimate of drug-likeness (QED) is 0.163. The second-order valence-corrected chi connectivity index (χ2v) is 28.6. The van der Waals surface area contributed by atoms with Gasteiger partial charge in [0.25, 0.3) is 0 Å². The second-order valence-electron chi connectivity index (χ2n) is 28.6. The van der Waals surface area contributed by atoms with Gasteiger partial charge in [-0.2, -0.15) is 0 Å². The van der Waals surface area contributed by atoms with E-state index in [0.717, 1.165) is 0 Å². The van der Waals surface area contributed by atoms with Crippen molar-refractivity contribution in [2.75, 3.05) is 0 Å². The molecule has 2 heterocycles. The van der Waals surface area contributed by atoms with Gasteiger partial charge in [-0.05, 0) is 233 Å². The Morgan fingerprint density at radius 2 is 0.522 bits per heavy atom. The van der Waals surface area contributed by atoms with Crippen molar-refractivity contribution < 1.29 is 0 Å². The van der Waals surface area contributed by atoms with E-state index in [9.17, 15) is 0 Å². The summed E-state index contributed by atoms with van der Waals surface area (Å²) in [6.07, 6.45) is 9.80. The molecule has 12 aromatic carbocycles. The zero-order valence-electron chi connectivity index (χ0n) is 51.6. The van der Waals surface area contributed by atoms with Crippen LogP contribution in [0.1, 0.15) is 124 Å². The number of para-hydroxylation sites is 2. The molecule has 0 unspecified atom stereocenters. The van der Waals surface area contributed by atoms with Crippen LogP contribution in [0.4, 0.5) is 0 Å². The van der Waals surface area contributed by atoms with E-state index in [2.05, 4.69) is 279 Å². The molecule has 2 saturated carbocycles. The van der Waals surface area contributed by atoms with Crippen molar-refractivity contribution in [2.24, 2.45) is 0 Å². The van der Waals surface area contributed by atoms with Gasteiger partial charge in [-0.1, -0.05) is 211 Å². The molecule has 0 radical (unpaired) electrons. The van der Waals surface area contributed by atoms with Crippen LogP contribution < -0.4 is 0 Å². The van der Waals surface area contributed by atoms with Crippen LogP contribution in [0.2, 0.25) is 0 Å². The first kappa shape index (κ1) is 51.2. The molecule has 20 rings (SSSR count). The molecule has 0 bridgehead atoms. The lowest BCUT2D eigenvalue weighted by Gasteiger charge is -2.28. The van der Waals surface area contributed by atoms with E-state index < -0.39 is 0 Å². The largest absolute Gasteiger partial charge is 0.309 e. The molecule has 430 valence electrons. The van der Waals surface area contributed by atoms with Crippen LogP contribution in [0, 0.1) is 0 Å². The van der Waals surface area contributed by atoms with E-state index in [1.54, 1.807) is 0 Å².